The number of ketones is 4. The van der Waals surface area contributed by atoms with Gasteiger partial charge in [-0.1, -0.05) is 116 Å². The molecule has 4 amide bonds. The Morgan fingerprint density at radius 2 is 1.35 bits per heavy atom. The van der Waals surface area contributed by atoms with Gasteiger partial charge in [-0.15, -0.1) is 0 Å². The molecule has 78 heavy (non-hydrogen) atoms. The van der Waals surface area contributed by atoms with E-state index in [-0.39, 0.29) is 42.5 Å². The zero-order valence-corrected chi connectivity index (χ0v) is 48.1. The number of unbranched alkanes of at least 4 members (excludes halogenated alkanes) is 3. The lowest BCUT2D eigenvalue weighted by atomic mass is 9.43. The standard InChI is InChI=1S/C60H87BN4O13/c1-12-14-16-18-45(50(69)30-37(4)61-77-52-34-44-33-51(59(44,9)10)60(52,11)78-61)64-54(71)36(3)29-49(68)46(27-28-53(70)63-47(56(73)74)31-38(5)66)65-55(72)43(35-62-57(75)76-58(6,7)8)32-48(67)42-25-23-41(24-26-42)40-21-19-39(20-22-40)17-15-13-2/h19-26,36-37,43-47,51-52H,12-18,27-35H2,1-11H3,(H,62,75)(H,63,70)(H,64,71)(H,65,72)(H,73,74)/t36-,37-,43+,44+,45+,46+,47-,51+,52?,60+/m1/s1. The van der Waals surface area contributed by atoms with Crippen LogP contribution < -0.4 is 21.3 Å². The highest BCUT2D eigenvalue weighted by atomic mass is 16.7. The molecule has 3 aliphatic carbocycles. The summed E-state index contributed by atoms with van der Waals surface area (Å²) < 4.78 is 18.6. The zero-order chi connectivity index (χ0) is 57.7. The topological polar surface area (TPSA) is 250 Å². The third-order valence-electron chi connectivity index (χ3n) is 16.2. The molecule has 1 saturated heterocycles. The van der Waals surface area contributed by atoms with E-state index in [1.807, 2.05) is 38.1 Å². The van der Waals surface area contributed by atoms with E-state index in [9.17, 15) is 48.3 Å². The minimum absolute atomic E-state index is 0.0542. The summed E-state index contributed by atoms with van der Waals surface area (Å²) in [6, 6.07) is 11.3. The Bertz CT molecular complexity index is 2460. The number of carbonyl (C=O) groups is 9. The Hall–Kier alpha value is -5.75. The minimum Gasteiger partial charge on any atom is -0.480 e. The summed E-state index contributed by atoms with van der Waals surface area (Å²) in [5.41, 5.74) is 2.18. The summed E-state index contributed by atoms with van der Waals surface area (Å²) in [7, 11) is -0.581. The molecule has 18 heteroatoms. The first kappa shape index (κ1) is 63.1. The zero-order valence-electron chi connectivity index (χ0n) is 48.1. The van der Waals surface area contributed by atoms with Crippen molar-refractivity contribution in [3.05, 3.63) is 59.7 Å². The van der Waals surface area contributed by atoms with Crippen molar-refractivity contribution in [3.63, 3.8) is 0 Å². The van der Waals surface area contributed by atoms with Crippen molar-refractivity contribution in [2.24, 2.45) is 29.1 Å². The number of Topliss-reactive ketones (excluding diaryl/α,β-unsaturated/α-hetero) is 4. The van der Waals surface area contributed by atoms with Crippen LogP contribution in [0.15, 0.2) is 48.5 Å². The van der Waals surface area contributed by atoms with Crippen LogP contribution >= 0.6 is 0 Å². The largest absolute Gasteiger partial charge is 0.480 e. The van der Waals surface area contributed by atoms with Crippen LogP contribution in [0, 0.1) is 29.1 Å². The Labute approximate surface area is 462 Å². The normalized spacial score (nSPS) is 21.5. The maximum absolute atomic E-state index is 14.4. The monoisotopic (exact) mass is 1080 g/mol. The smallest absolute Gasteiger partial charge is 0.461 e. The second-order valence-electron chi connectivity index (χ2n) is 24.2. The van der Waals surface area contributed by atoms with Gasteiger partial charge >= 0.3 is 19.2 Å². The lowest BCUT2D eigenvalue weighted by Gasteiger charge is -2.64. The number of aliphatic carboxylic acids is 1. The first-order valence-electron chi connectivity index (χ1n) is 28.4. The molecule has 3 saturated carbocycles. The van der Waals surface area contributed by atoms with E-state index in [0.717, 1.165) is 56.1 Å². The number of aryl methyl sites for hydroxylation is 1. The fraction of sp³-hybridized carbons (Fsp3) is 0.650. The number of carbonyl (C=O) groups excluding carboxylic acids is 8. The Balaban J connectivity index is 1.32. The summed E-state index contributed by atoms with van der Waals surface area (Å²) in [5, 5.41) is 20.1. The van der Waals surface area contributed by atoms with E-state index in [1.165, 1.54) is 19.4 Å². The van der Waals surface area contributed by atoms with Crippen molar-refractivity contribution >= 4 is 60.0 Å². The number of amides is 4. The lowest BCUT2D eigenvalue weighted by molar-refractivity contribution is -0.199. The highest BCUT2D eigenvalue weighted by molar-refractivity contribution is 6.47. The Kier molecular flexibility index (Phi) is 22.6. The molecule has 10 atom stereocenters. The molecule has 2 bridgehead atoms. The van der Waals surface area contributed by atoms with Gasteiger partial charge in [-0.2, -0.15) is 0 Å². The number of ether oxygens (including phenoxy) is 1. The predicted octanol–water partition coefficient (Wildman–Crippen LogP) is 8.96. The Morgan fingerprint density at radius 1 is 0.744 bits per heavy atom. The molecule has 4 aliphatic rings. The molecule has 0 spiro atoms. The molecule has 0 aromatic heterocycles. The van der Waals surface area contributed by atoms with Crippen LogP contribution in [0.3, 0.4) is 0 Å². The maximum atomic E-state index is 14.4. The van der Waals surface area contributed by atoms with E-state index < -0.39 is 121 Å². The second-order valence-corrected chi connectivity index (χ2v) is 24.2. The van der Waals surface area contributed by atoms with E-state index in [1.54, 1.807) is 32.9 Å². The highest BCUT2D eigenvalue weighted by Crippen LogP contribution is 2.66. The van der Waals surface area contributed by atoms with Crippen molar-refractivity contribution in [1.29, 1.82) is 0 Å². The molecule has 1 aliphatic heterocycles. The van der Waals surface area contributed by atoms with Crippen LogP contribution in [-0.4, -0.2) is 107 Å². The van der Waals surface area contributed by atoms with Gasteiger partial charge in [0.15, 0.2) is 17.3 Å². The quantitative estimate of drug-likeness (QED) is 0.0269. The number of nitrogens with one attached hydrogen (secondary N) is 4. The predicted molar refractivity (Wildman–Crippen MR) is 297 cm³/mol. The molecule has 4 fully saturated rings. The average molecular weight is 1080 g/mol. The number of alkyl carbamates (subject to hydrolysis) is 1. The van der Waals surface area contributed by atoms with Gasteiger partial charge in [-0.05, 0) is 113 Å². The lowest BCUT2D eigenvalue weighted by Crippen LogP contribution is -2.65. The summed E-state index contributed by atoms with van der Waals surface area (Å²) in [6.45, 7) is 20.1. The van der Waals surface area contributed by atoms with E-state index >= 15 is 0 Å². The van der Waals surface area contributed by atoms with Crippen molar-refractivity contribution in [3.8, 4) is 11.1 Å². The van der Waals surface area contributed by atoms with Crippen LogP contribution in [0.2, 0.25) is 5.82 Å². The molecule has 1 heterocycles. The Morgan fingerprint density at radius 3 is 1.94 bits per heavy atom. The van der Waals surface area contributed by atoms with Crippen molar-refractivity contribution in [2.45, 2.75) is 214 Å². The van der Waals surface area contributed by atoms with Gasteiger partial charge in [-0.3, -0.25) is 33.6 Å². The minimum atomic E-state index is -1.54. The van der Waals surface area contributed by atoms with Gasteiger partial charge < -0.3 is 40.4 Å². The van der Waals surface area contributed by atoms with Crippen molar-refractivity contribution in [1.82, 2.24) is 21.3 Å². The number of carboxylic acids is 1. The maximum Gasteiger partial charge on any atom is 0.461 e. The first-order chi connectivity index (χ1) is 36.6. The molecule has 6 rings (SSSR count). The van der Waals surface area contributed by atoms with E-state index in [0.29, 0.717) is 30.2 Å². The van der Waals surface area contributed by atoms with Gasteiger partial charge in [-0.25, -0.2) is 9.59 Å². The van der Waals surface area contributed by atoms with Crippen LogP contribution in [0.5, 0.6) is 0 Å². The van der Waals surface area contributed by atoms with Crippen LogP contribution in [0.4, 0.5) is 4.79 Å². The van der Waals surface area contributed by atoms with Gasteiger partial charge in [0.1, 0.15) is 17.4 Å². The fourth-order valence-electron chi connectivity index (χ4n) is 11.3. The molecule has 5 N–H and O–H groups in total. The van der Waals surface area contributed by atoms with Gasteiger partial charge in [0.05, 0.1) is 29.7 Å². The summed E-state index contributed by atoms with van der Waals surface area (Å²) in [6.07, 6.45) is 4.91. The number of rotatable bonds is 31. The van der Waals surface area contributed by atoms with Crippen LogP contribution in [0.1, 0.15) is 182 Å². The van der Waals surface area contributed by atoms with Gasteiger partial charge in [0.2, 0.25) is 17.7 Å². The molecule has 428 valence electrons. The molecular formula is C60H87BN4O13. The fourth-order valence-corrected chi connectivity index (χ4v) is 11.3. The molecule has 1 unspecified atom stereocenters. The first-order valence-corrected chi connectivity index (χ1v) is 28.4. The number of hydrogen-bond acceptors (Lipinski definition) is 12. The molecule has 2 aromatic carbocycles. The van der Waals surface area contributed by atoms with Gasteiger partial charge in [0, 0.05) is 50.1 Å². The van der Waals surface area contributed by atoms with E-state index in [4.69, 9.17) is 14.0 Å². The second kappa shape index (κ2) is 27.9. The van der Waals surface area contributed by atoms with Crippen molar-refractivity contribution < 1.29 is 62.3 Å². The summed E-state index contributed by atoms with van der Waals surface area (Å²) in [4.78, 5) is 121. The van der Waals surface area contributed by atoms with Gasteiger partial charge in [0.25, 0.3) is 0 Å². The van der Waals surface area contributed by atoms with Crippen molar-refractivity contribution in [2.75, 3.05) is 6.54 Å². The molecule has 17 nitrogen and oxygen atoms in total. The SMILES string of the molecule is CCCCC[C@H](NC(=O)[C@H](C)CC(=O)[C@H](CCC(=O)N[C@H](CC(C)=O)C(=O)O)NC(=O)[C@H](CNC(=O)OC(C)(C)C)CC(=O)c1ccc(-c2ccc(CCCC)cc2)cc1)C(=O)C[C@@H](C)B1OC2C[C@@H]3C[C@@H](C3(C)C)[C@]2(C)O1. The number of carboxylic acid groups (broad SMARTS) is 1. The molecule has 2 aromatic rings. The molecule has 0 radical (unpaired) electrons. The van der Waals surface area contributed by atoms with Crippen LogP contribution in [0.25, 0.3) is 11.1 Å². The third-order valence-corrected chi connectivity index (χ3v) is 16.2. The summed E-state index contributed by atoms with van der Waals surface area (Å²) in [5.74, 6) is -7.10. The number of hydrogen-bond donors (Lipinski definition) is 5. The molecular weight excluding hydrogens is 995 g/mol. The highest BCUT2D eigenvalue weighted by Gasteiger charge is 2.68. The number of benzene rings is 2. The third kappa shape index (κ3) is 17.4. The van der Waals surface area contributed by atoms with E-state index in [2.05, 4.69) is 61.1 Å². The summed E-state index contributed by atoms with van der Waals surface area (Å²) >= 11 is 0. The van der Waals surface area contributed by atoms with Crippen LogP contribution in [-0.2, 0) is 54.0 Å². The average Bonchev–Trinajstić information content (AvgIpc) is 3.74.